The summed E-state index contributed by atoms with van der Waals surface area (Å²) in [5, 5.41) is 7.60. The van der Waals surface area contributed by atoms with E-state index in [1.165, 1.54) is 24.3 Å². The number of rotatable bonds is 5. The van der Waals surface area contributed by atoms with Gasteiger partial charge in [-0.1, -0.05) is 72.6 Å². The molecule has 0 N–H and O–H groups in total. The predicted octanol–water partition coefficient (Wildman–Crippen LogP) is 5.99. The van der Waals surface area contributed by atoms with Gasteiger partial charge in [0.1, 0.15) is 5.84 Å². The van der Waals surface area contributed by atoms with Crippen LogP contribution in [-0.4, -0.2) is 31.5 Å². The Kier molecular flexibility index (Phi) is 6.65. The van der Waals surface area contributed by atoms with Crippen LogP contribution in [0.5, 0.6) is 0 Å². The summed E-state index contributed by atoms with van der Waals surface area (Å²) in [6.45, 7) is 2.36. The molecule has 164 valence electrons. The van der Waals surface area contributed by atoms with Crippen LogP contribution in [0, 0.1) is 0 Å². The average molecular weight is 486 g/mol. The van der Waals surface area contributed by atoms with Crippen LogP contribution in [0.1, 0.15) is 30.4 Å². The topological polar surface area (TPSA) is 62.1 Å². The lowest BCUT2D eigenvalue weighted by Gasteiger charge is -2.17. The van der Waals surface area contributed by atoms with Gasteiger partial charge in [-0.2, -0.15) is 13.5 Å². The molecule has 8 heteroatoms. The summed E-state index contributed by atoms with van der Waals surface area (Å²) in [7, 11) is -3.89. The van der Waals surface area contributed by atoms with Crippen LogP contribution < -0.4 is 0 Å². The first-order chi connectivity index (χ1) is 15.4. The van der Waals surface area contributed by atoms with Gasteiger partial charge in [0.15, 0.2) is 0 Å². The summed E-state index contributed by atoms with van der Waals surface area (Å²) in [6, 6.07) is 23.5. The fourth-order valence-electron chi connectivity index (χ4n) is 3.58. The van der Waals surface area contributed by atoms with Crippen LogP contribution >= 0.6 is 23.2 Å². The van der Waals surface area contributed by atoms with Crippen LogP contribution in [0.25, 0.3) is 0 Å². The van der Waals surface area contributed by atoms with Crippen molar-refractivity contribution in [2.75, 3.05) is 6.54 Å². The third-order valence-electron chi connectivity index (χ3n) is 5.21. The minimum atomic E-state index is -3.89. The van der Waals surface area contributed by atoms with Crippen molar-refractivity contribution in [2.24, 2.45) is 9.50 Å². The zero-order valence-corrected chi connectivity index (χ0v) is 19.6. The summed E-state index contributed by atoms with van der Waals surface area (Å²) in [5.41, 5.74) is 2.87. The SMILES string of the molecule is CC/C(=N/S(=O)(=O)c1ccc(Cl)cc1)N1CC(c2ccccc2)C(c2ccc(Cl)cc2)=N1. The molecule has 1 aliphatic rings. The molecular weight excluding hydrogens is 465 g/mol. The maximum absolute atomic E-state index is 12.9. The lowest BCUT2D eigenvalue weighted by Crippen LogP contribution is -2.26. The molecule has 0 aliphatic carbocycles. The van der Waals surface area contributed by atoms with E-state index >= 15 is 0 Å². The molecule has 0 aromatic heterocycles. The Hall–Kier alpha value is -2.67. The molecule has 3 aromatic carbocycles. The predicted molar refractivity (Wildman–Crippen MR) is 130 cm³/mol. The van der Waals surface area contributed by atoms with Gasteiger partial charge in [0.25, 0.3) is 10.0 Å². The second kappa shape index (κ2) is 9.45. The van der Waals surface area contributed by atoms with Crippen LogP contribution in [0.4, 0.5) is 0 Å². The van der Waals surface area contributed by atoms with E-state index < -0.39 is 10.0 Å². The standard InChI is InChI=1S/C24H21Cl2N3O2S/c1-2-23(28-32(30,31)21-14-12-20(26)13-15-21)29-16-22(17-6-4-3-5-7-17)24(27-29)18-8-10-19(25)11-9-18/h3-15,22H,2,16H2,1H3/b28-23-. The maximum Gasteiger partial charge on any atom is 0.283 e. The first kappa shape index (κ1) is 22.5. The number of hydrogen-bond acceptors (Lipinski definition) is 3. The van der Waals surface area contributed by atoms with E-state index in [-0.39, 0.29) is 10.8 Å². The van der Waals surface area contributed by atoms with E-state index in [2.05, 4.69) is 4.40 Å². The van der Waals surface area contributed by atoms with E-state index in [1.54, 1.807) is 5.01 Å². The quantitative estimate of drug-likeness (QED) is 0.329. The highest BCUT2D eigenvalue weighted by atomic mass is 35.5. The summed E-state index contributed by atoms with van der Waals surface area (Å²) in [4.78, 5) is 0.0913. The van der Waals surface area contributed by atoms with Gasteiger partial charge in [0.05, 0.1) is 17.2 Å². The molecule has 1 aliphatic heterocycles. The Bertz CT molecular complexity index is 1260. The van der Waals surface area contributed by atoms with E-state index in [4.69, 9.17) is 28.3 Å². The molecule has 0 spiro atoms. The van der Waals surface area contributed by atoms with Crippen molar-refractivity contribution in [3.8, 4) is 0 Å². The molecule has 1 unspecified atom stereocenters. The van der Waals surface area contributed by atoms with Gasteiger partial charge in [-0.25, -0.2) is 5.01 Å². The molecular formula is C24H21Cl2N3O2S. The number of sulfonamides is 1. The van der Waals surface area contributed by atoms with Gasteiger partial charge in [-0.05, 0) is 47.5 Å². The van der Waals surface area contributed by atoms with Crippen molar-refractivity contribution in [2.45, 2.75) is 24.2 Å². The van der Waals surface area contributed by atoms with E-state index in [1.807, 2.05) is 61.5 Å². The van der Waals surface area contributed by atoms with Crippen molar-refractivity contribution < 1.29 is 8.42 Å². The van der Waals surface area contributed by atoms with Gasteiger partial charge in [-0.15, -0.1) is 4.40 Å². The molecule has 5 nitrogen and oxygen atoms in total. The van der Waals surface area contributed by atoms with E-state index in [0.717, 1.165) is 16.8 Å². The fraction of sp³-hybridized carbons (Fsp3) is 0.167. The molecule has 1 heterocycles. The summed E-state index contributed by atoms with van der Waals surface area (Å²) < 4.78 is 29.9. The van der Waals surface area contributed by atoms with Crippen molar-refractivity contribution in [1.29, 1.82) is 0 Å². The Balaban J connectivity index is 1.73. The van der Waals surface area contributed by atoms with Crippen LogP contribution in [0.3, 0.4) is 0 Å². The fourth-order valence-corrected chi connectivity index (χ4v) is 4.92. The number of halogens is 2. The Labute approximate surface area is 198 Å². The molecule has 32 heavy (non-hydrogen) atoms. The molecule has 1 atom stereocenters. The molecule has 0 saturated heterocycles. The first-order valence-corrected chi connectivity index (χ1v) is 12.3. The average Bonchev–Trinajstić information content (AvgIpc) is 3.24. The van der Waals surface area contributed by atoms with E-state index in [0.29, 0.717) is 28.8 Å². The van der Waals surface area contributed by atoms with Crippen LogP contribution in [-0.2, 0) is 10.0 Å². The second-order valence-corrected chi connectivity index (χ2v) is 9.80. The highest BCUT2D eigenvalue weighted by molar-refractivity contribution is 7.90. The lowest BCUT2D eigenvalue weighted by molar-refractivity contribution is 0.466. The molecule has 0 bridgehead atoms. The molecule has 0 saturated carbocycles. The van der Waals surface area contributed by atoms with Crippen molar-refractivity contribution in [3.05, 3.63) is 100 Å². The first-order valence-electron chi connectivity index (χ1n) is 10.1. The number of hydrazone groups is 1. The lowest BCUT2D eigenvalue weighted by atomic mass is 9.91. The van der Waals surface area contributed by atoms with Gasteiger partial charge >= 0.3 is 0 Å². The van der Waals surface area contributed by atoms with Gasteiger partial charge in [0, 0.05) is 22.4 Å². The highest BCUT2D eigenvalue weighted by Crippen LogP contribution is 2.30. The Morgan fingerprint density at radius 3 is 2.16 bits per heavy atom. The van der Waals surface area contributed by atoms with Gasteiger partial charge in [0.2, 0.25) is 0 Å². The third-order valence-corrected chi connectivity index (χ3v) is 7.03. The zero-order valence-electron chi connectivity index (χ0n) is 17.3. The van der Waals surface area contributed by atoms with Crippen LogP contribution in [0.15, 0.2) is 93.3 Å². The van der Waals surface area contributed by atoms with Gasteiger partial charge < -0.3 is 0 Å². The third kappa shape index (κ3) is 4.88. The molecule has 0 radical (unpaired) electrons. The summed E-state index contributed by atoms with van der Waals surface area (Å²) >= 11 is 12.0. The molecule has 3 aromatic rings. The van der Waals surface area contributed by atoms with E-state index in [9.17, 15) is 8.42 Å². The maximum atomic E-state index is 12.9. The number of hydrogen-bond donors (Lipinski definition) is 0. The molecule has 4 rings (SSSR count). The minimum absolute atomic E-state index is 0.0349. The Morgan fingerprint density at radius 2 is 1.56 bits per heavy atom. The number of nitrogens with zero attached hydrogens (tertiary/aromatic N) is 3. The Morgan fingerprint density at radius 1 is 0.969 bits per heavy atom. The van der Waals surface area contributed by atoms with Gasteiger partial charge in [-0.3, -0.25) is 0 Å². The number of benzene rings is 3. The second-order valence-electron chi connectivity index (χ2n) is 7.33. The summed E-state index contributed by atoms with van der Waals surface area (Å²) in [5.74, 6) is 0.345. The van der Waals surface area contributed by atoms with Crippen molar-refractivity contribution >= 4 is 44.8 Å². The zero-order chi connectivity index (χ0) is 22.7. The monoisotopic (exact) mass is 485 g/mol. The summed E-state index contributed by atoms with van der Waals surface area (Å²) in [6.07, 6.45) is 0.408. The largest absolute Gasteiger partial charge is 0.283 e. The molecule has 0 amide bonds. The van der Waals surface area contributed by atoms with Crippen LogP contribution in [0.2, 0.25) is 10.0 Å². The van der Waals surface area contributed by atoms with Crippen molar-refractivity contribution in [3.63, 3.8) is 0 Å². The smallest absolute Gasteiger partial charge is 0.249 e. The number of amidine groups is 1. The normalized spacial score (nSPS) is 16.8. The minimum Gasteiger partial charge on any atom is -0.249 e. The molecule has 0 fully saturated rings. The van der Waals surface area contributed by atoms with Crippen molar-refractivity contribution in [1.82, 2.24) is 5.01 Å². The highest BCUT2D eigenvalue weighted by Gasteiger charge is 2.31.